The van der Waals surface area contributed by atoms with Crippen LogP contribution in [0.4, 0.5) is 0 Å². The predicted molar refractivity (Wildman–Crippen MR) is 82.3 cm³/mol. The van der Waals surface area contributed by atoms with Gasteiger partial charge in [0.2, 0.25) is 0 Å². The van der Waals surface area contributed by atoms with E-state index in [1.807, 2.05) is 48.9 Å². The quantitative estimate of drug-likeness (QED) is 0.782. The van der Waals surface area contributed by atoms with Gasteiger partial charge in [-0.2, -0.15) is 0 Å². The molecule has 0 aliphatic heterocycles. The fourth-order valence-corrected chi connectivity index (χ4v) is 2.42. The molecule has 0 radical (unpaired) electrons. The summed E-state index contributed by atoms with van der Waals surface area (Å²) in [5.41, 5.74) is 7.02. The Kier molecular flexibility index (Phi) is 4.07. The maximum absolute atomic E-state index is 11.0. The van der Waals surface area contributed by atoms with E-state index in [0.29, 0.717) is 0 Å². The van der Waals surface area contributed by atoms with Crippen molar-refractivity contribution < 1.29 is 15.0 Å². The maximum Gasteiger partial charge on any atom is 0.320 e. The summed E-state index contributed by atoms with van der Waals surface area (Å²) in [6.07, 6.45) is 1.62. The van der Waals surface area contributed by atoms with Gasteiger partial charge >= 0.3 is 5.97 Å². The van der Waals surface area contributed by atoms with E-state index in [1.165, 1.54) is 0 Å². The van der Waals surface area contributed by atoms with Gasteiger partial charge in [0.05, 0.1) is 11.6 Å². The summed E-state index contributed by atoms with van der Waals surface area (Å²) in [4.78, 5) is 11.0. The molecule has 2 atom stereocenters. The molecule has 0 fully saturated rings. The smallest absolute Gasteiger partial charge is 0.320 e. The van der Waals surface area contributed by atoms with Crippen LogP contribution in [0.2, 0.25) is 0 Å². The molecule has 114 valence electrons. The van der Waals surface area contributed by atoms with Gasteiger partial charge in [0.15, 0.2) is 0 Å². The van der Waals surface area contributed by atoms with E-state index in [4.69, 9.17) is 10.8 Å². The molecule has 0 unspecified atom stereocenters. The fourth-order valence-electron chi connectivity index (χ4n) is 2.42. The number of hydrogen-bond donors (Lipinski definition) is 3. The fraction of sp³-hybridized carbons (Fsp3) is 0.438. The molecule has 21 heavy (non-hydrogen) atoms. The molecular weight excluding hydrogens is 268 g/mol. The van der Waals surface area contributed by atoms with E-state index in [1.54, 1.807) is 6.92 Å². The van der Waals surface area contributed by atoms with Crippen LogP contribution in [0.25, 0.3) is 10.9 Å². The molecule has 0 amide bonds. The topological polar surface area (TPSA) is 88.5 Å². The van der Waals surface area contributed by atoms with Crippen molar-refractivity contribution in [2.75, 3.05) is 0 Å². The highest BCUT2D eigenvalue weighted by Gasteiger charge is 2.28. The van der Waals surface area contributed by atoms with Gasteiger partial charge in [0, 0.05) is 23.5 Å². The third-order valence-electron chi connectivity index (χ3n) is 4.19. The largest absolute Gasteiger partial charge is 0.480 e. The van der Waals surface area contributed by atoms with Crippen LogP contribution in [0.3, 0.4) is 0 Å². The Balaban J connectivity index is 2.56. The summed E-state index contributed by atoms with van der Waals surface area (Å²) < 4.78 is 2.00. The third-order valence-corrected chi connectivity index (χ3v) is 4.19. The van der Waals surface area contributed by atoms with Crippen molar-refractivity contribution in [3.8, 4) is 0 Å². The lowest BCUT2D eigenvalue weighted by Gasteiger charge is -2.31. The summed E-state index contributed by atoms with van der Waals surface area (Å²) in [6, 6.07) is 6.83. The highest BCUT2D eigenvalue weighted by molar-refractivity contribution is 5.85. The summed E-state index contributed by atoms with van der Waals surface area (Å²) in [5, 5.41) is 20.0. The molecule has 4 N–H and O–H groups in total. The lowest BCUT2D eigenvalue weighted by Crippen LogP contribution is -2.37. The zero-order valence-electron chi connectivity index (χ0n) is 12.6. The maximum atomic E-state index is 11.0. The number of hydrogen-bond acceptors (Lipinski definition) is 3. The van der Waals surface area contributed by atoms with Crippen molar-refractivity contribution in [3.05, 3.63) is 36.0 Å². The molecule has 0 aliphatic carbocycles. The van der Waals surface area contributed by atoms with Crippen LogP contribution in [0.15, 0.2) is 30.5 Å². The van der Waals surface area contributed by atoms with E-state index in [-0.39, 0.29) is 6.42 Å². The first kappa shape index (κ1) is 15.5. The highest BCUT2D eigenvalue weighted by Crippen LogP contribution is 2.30. The van der Waals surface area contributed by atoms with Gasteiger partial charge in [-0.1, -0.05) is 18.2 Å². The van der Waals surface area contributed by atoms with Gasteiger partial charge in [-0.3, -0.25) is 4.79 Å². The lowest BCUT2D eigenvalue weighted by atomic mass is 9.98. The third kappa shape index (κ3) is 2.80. The minimum atomic E-state index is -1.01. The van der Waals surface area contributed by atoms with E-state index in [0.717, 1.165) is 16.5 Å². The molecular formula is C16H22N2O3. The minimum Gasteiger partial charge on any atom is -0.480 e. The second-order valence-electron chi connectivity index (χ2n) is 6.02. The summed E-state index contributed by atoms with van der Waals surface area (Å²) in [5.74, 6) is -1.01. The SMILES string of the molecule is C[C@@H](O)C(C)(C)n1cc(C[C@H](N)C(=O)O)c2ccccc21. The standard InChI is InChI=1S/C16H22N2O3/c1-10(19)16(2,3)18-9-11(8-13(17)15(20)21)12-6-4-5-7-14(12)18/h4-7,9-10,13,19H,8,17H2,1-3H3,(H,20,21)/t10-,13+/m1/s1. The van der Waals surface area contributed by atoms with Gasteiger partial charge in [0.1, 0.15) is 6.04 Å². The minimum absolute atomic E-state index is 0.263. The van der Waals surface area contributed by atoms with Crippen LogP contribution in [-0.2, 0) is 16.8 Å². The number of carboxylic acid groups (broad SMARTS) is 1. The number of carbonyl (C=O) groups is 1. The Morgan fingerprint density at radius 3 is 2.57 bits per heavy atom. The lowest BCUT2D eigenvalue weighted by molar-refractivity contribution is -0.138. The van der Waals surface area contributed by atoms with Gasteiger partial charge in [0.25, 0.3) is 0 Å². The van der Waals surface area contributed by atoms with Gasteiger partial charge in [-0.25, -0.2) is 0 Å². The number of aliphatic hydroxyl groups excluding tert-OH is 1. The number of aromatic nitrogens is 1. The molecule has 0 aliphatic rings. The molecule has 0 saturated carbocycles. The molecule has 1 aromatic carbocycles. The van der Waals surface area contributed by atoms with E-state index in [9.17, 15) is 9.90 Å². The Morgan fingerprint density at radius 1 is 1.38 bits per heavy atom. The van der Waals surface area contributed by atoms with Crippen LogP contribution < -0.4 is 5.73 Å². The Labute approximate surface area is 124 Å². The number of fused-ring (bicyclic) bond motifs is 1. The highest BCUT2D eigenvalue weighted by atomic mass is 16.4. The Morgan fingerprint density at radius 2 is 2.00 bits per heavy atom. The van der Waals surface area contributed by atoms with Crippen LogP contribution in [0, 0.1) is 0 Å². The summed E-state index contributed by atoms with van der Waals surface area (Å²) in [6.45, 7) is 5.65. The molecule has 5 heteroatoms. The zero-order valence-corrected chi connectivity index (χ0v) is 12.6. The monoisotopic (exact) mass is 290 g/mol. The molecule has 5 nitrogen and oxygen atoms in total. The second-order valence-corrected chi connectivity index (χ2v) is 6.02. The number of nitrogens with zero attached hydrogens (tertiary/aromatic N) is 1. The predicted octanol–water partition coefficient (Wildman–Crippen LogP) is 1.71. The van der Waals surface area contributed by atoms with E-state index < -0.39 is 23.7 Å². The number of para-hydroxylation sites is 1. The first-order chi connectivity index (χ1) is 9.75. The normalized spacial score (nSPS) is 15.1. The number of carboxylic acids is 1. The van der Waals surface area contributed by atoms with Gasteiger partial charge in [-0.15, -0.1) is 0 Å². The van der Waals surface area contributed by atoms with Gasteiger partial charge in [-0.05, 0) is 32.4 Å². The molecule has 0 saturated heterocycles. The van der Waals surface area contributed by atoms with E-state index >= 15 is 0 Å². The number of aliphatic carboxylic acids is 1. The Hall–Kier alpha value is -1.85. The Bertz CT molecular complexity index is 659. The van der Waals surface area contributed by atoms with Gasteiger partial charge < -0.3 is 20.5 Å². The van der Waals surface area contributed by atoms with Crippen molar-refractivity contribution in [1.29, 1.82) is 0 Å². The molecule has 2 aromatic rings. The number of nitrogens with two attached hydrogens (primary N) is 1. The molecule has 0 spiro atoms. The first-order valence-corrected chi connectivity index (χ1v) is 7.01. The average molecular weight is 290 g/mol. The van der Waals surface area contributed by atoms with Crippen LogP contribution in [0.5, 0.6) is 0 Å². The second kappa shape index (κ2) is 5.50. The van der Waals surface area contributed by atoms with Crippen LogP contribution >= 0.6 is 0 Å². The van der Waals surface area contributed by atoms with Crippen molar-refractivity contribution in [3.63, 3.8) is 0 Å². The first-order valence-electron chi connectivity index (χ1n) is 7.01. The number of aliphatic hydroxyl groups is 1. The summed E-state index contributed by atoms with van der Waals surface area (Å²) >= 11 is 0. The van der Waals surface area contributed by atoms with Crippen molar-refractivity contribution in [2.24, 2.45) is 5.73 Å². The van der Waals surface area contributed by atoms with Crippen molar-refractivity contribution in [1.82, 2.24) is 4.57 Å². The average Bonchev–Trinajstić information content (AvgIpc) is 2.78. The van der Waals surface area contributed by atoms with Crippen LogP contribution in [-0.4, -0.2) is 32.9 Å². The molecule has 1 aromatic heterocycles. The zero-order chi connectivity index (χ0) is 15.8. The molecule has 2 rings (SSSR count). The number of rotatable bonds is 5. The van der Waals surface area contributed by atoms with Crippen molar-refractivity contribution in [2.45, 2.75) is 44.9 Å². The van der Waals surface area contributed by atoms with Crippen LogP contribution in [0.1, 0.15) is 26.3 Å². The molecule has 0 bridgehead atoms. The summed E-state index contributed by atoms with van der Waals surface area (Å²) in [7, 11) is 0. The van der Waals surface area contributed by atoms with E-state index in [2.05, 4.69) is 0 Å². The molecule has 1 heterocycles. The number of benzene rings is 1. The van der Waals surface area contributed by atoms with Crippen molar-refractivity contribution >= 4 is 16.9 Å².